The summed E-state index contributed by atoms with van der Waals surface area (Å²) in [6, 6.07) is 4.07. The van der Waals surface area contributed by atoms with Gasteiger partial charge in [-0.3, -0.25) is 9.59 Å². The van der Waals surface area contributed by atoms with Crippen LogP contribution in [0.15, 0.2) is 29.2 Å². The van der Waals surface area contributed by atoms with E-state index in [2.05, 4.69) is 0 Å². The van der Waals surface area contributed by atoms with E-state index >= 15 is 0 Å². The molecular formula is C26H35F3N2O4S. The molecule has 4 aliphatic carbocycles. The summed E-state index contributed by atoms with van der Waals surface area (Å²) in [5, 5.41) is 0. The second-order valence-corrected chi connectivity index (χ2v) is 13.7. The van der Waals surface area contributed by atoms with Gasteiger partial charge in [-0.15, -0.1) is 0 Å². The van der Waals surface area contributed by atoms with Gasteiger partial charge in [0.25, 0.3) is 0 Å². The topological polar surface area (TPSA) is 97.5 Å². The third-order valence-corrected chi connectivity index (χ3v) is 10.9. The lowest BCUT2D eigenvalue weighted by atomic mass is 9.43. The first-order valence-corrected chi connectivity index (χ1v) is 14.0. The number of carbonyl (C=O) groups is 2. The highest BCUT2D eigenvalue weighted by atomic mass is 32.2. The average molecular weight is 529 g/mol. The molecule has 0 radical (unpaired) electrons. The maximum absolute atomic E-state index is 13.9. The minimum Gasteiger partial charge on any atom is -0.369 e. The Morgan fingerprint density at radius 2 is 1.67 bits per heavy atom. The Morgan fingerprint density at radius 1 is 1.08 bits per heavy atom. The monoisotopic (exact) mass is 528 g/mol. The zero-order valence-electron chi connectivity index (χ0n) is 21.0. The van der Waals surface area contributed by atoms with E-state index in [1.165, 1.54) is 19.9 Å². The summed E-state index contributed by atoms with van der Waals surface area (Å²) in [5.74, 6) is -0.0511. The molecule has 200 valence electrons. The SMILES string of the molecule is CCCN(C(C)(C)C(=O)CC12CC3CC(C1)CC(C(N)=O)(C3)C2)S(=O)(=O)c1ccccc1C(F)(F)F. The number of nitrogens with two attached hydrogens (primary N) is 1. The summed E-state index contributed by atoms with van der Waals surface area (Å²) in [4.78, 5) is 25.4. The highest BCUT2D eigenvalue weighted by molar-refractivity contribution is 7.89. The van der Waals surface area contributed by atoms with Crippen LogP contribution in [0.25, 0.3) is 0 Å². The number of ketones is 1. The van der Waals surface area contributed by atoms with Gasteiger partial charge in [0.05, 0.1) is 21.4 Å². The number of benzene rings is 1. The standard InChI is InChI=1S/C26H35F3N2O4S/c1-4-9-31(36(34,35)20-8-6-5-7-19(20)26(27,28)29)23(2,3)21(32)15-24-11-17-10-18(12-24)14-25(13-17,16-24)22(30)33/h5-8,17-18H,4,9-16H2,1-3H3,(H2,30,33). The highest BCUT2D eigenvalue weighted by Gasteiger charge is 2.61. The number of carbonyl (C=O) groups excluding carboxylic acids is 2. The second kappa shape index (κ2) is 8.82. The molecule has 4 aliphatic rings. The summed E-state index contributed by atoms with van der Waals surface area (Å²) < 4.78 is 69.3. The van der Waals surface area contributed by atoms with Crippen LogP contribution in [0.1, 0.15) is 77.7 Å². The Kier molecular flexibility index (Phi) is 6.64. The summed E-state index contributed by atoms with van der Waals surface area (Å²) in [6.07, 6.45) is 0.127. The predicted octanol–water partition coefficient (Wildman–Crippen LogP) is 4.92. The fourth-order valence-electron chi connectivity index (χ4n) is 7.59. The summed E-state index contributed by atoms with van der Waals surface area (Å²) >= 11 is 0. The molecule has 5 rings (SSSR count). The van der Waals surface area contributed by atoms with Crippen LogP contribution in [0, 0.1) is 22.7 Å². The van der Waals surface area contributed by atoms with Gasteiger partial charge in [0.2, 0.25) is 15.9 Å². The van der Waals surface area contributed by atoms with Crippen molar-refractivity contribution >= 4 is 21.7 Å². The van der Waals surface area contributed by atoms with E-state index in [0.29, 0.717) is 24.7 Å². The maximum Gasteiger partial charge on any atom is 0.417 e. The van der Waals surface area contributed by atoms with Crippen molar-refractivity contribution in [3.63, 3.8) is 0 Å². The Bertz CT molecular complexity index is 1150. The van der Waals surface area contributed by atoms with E-state index in [9.17, 15) is 31.2 Å². The van der Waals surface area contributed by atoms with Crippen LogP contribution in [-0.4, -0.2) is 36.5 Å². The van der Waals surface area contributed by atoms with E-state index < -0.39 is 43.0 Å². The quantitative estimate of drug-likeness (QED) is 0.492. The number of alkyl halides is 3. The first-order valence-electron chi connectivity index (χ1n) is 12.6. The molecule has 1 aromatic rings. The molecule has 0 heterocycles. The number of hydrogen-bond acceptors (Lipinski definition) is 4. The van der Waals surface area contributed by atoms with Crippen LogP contribution in [-0.2, 0) is 25.8 Å². The van der Waals surface area contributed by atoms with Gasteiger partial charge in [0, 0.05) is 13.0 Å². The van der Waals surface area contributed by atoms with E-state index in [-0.39, 0.29) is 24.7 Å². The molecule has 0 aromatic heterocycles. The van der Waals surface area contributed by atoms with Crippen LogP contribution < -0.4 is 5.73 Å². The van der Waals surface area contributed by atoms with Crippen molar-refractivity contribution in [1.82, 2.24) is 4.31 Å². The van der Waals surface area contributed by atoms with Gasteiger partial charge in [-0.1, -0.05) is 19.1 Å². The zero-order valence-corrected chi connectivity index (χ0v) is 21.8. The molecule has 4 saturated carbocycles. The number of hydrogen-bond donors (Lipinski definition) is 1. The van der Waals surface area contributed by atoms with E-state index in [1.54, 1.807) is 6.92 Å². The fourth-order valence-corrected chi connectivity index (χ4v) is 9.67. The highest BCUT2D eigenvalue weighted by Crippen LogP contribution is 2.66. The lowest BCUT2D eigenvalue weighted by molar-refractivity contribution is -0.159. The molecule has 4 fully saturated rings. The van der Waals surface area contributed by atoms with Gasteiger partial charge in [-0.25, -0.2) is 8.42 Å². The number of rotatable bonds is 9. The largest absolute Gasteiger partial charge is 0.417 e. The van der Waals surface area contributed by atoms with E-state index in [0.717, 1.165) is 54.6 Å². The second-order valence-electron chi connectivity index (χ2n) is 11.8. The zero-order chi connectivity index (χ0) is 26.7. The van der Waals surface area contributed by atoms with Crippen molar-refractivity contribution in [2.24, 2.45) is 28.4 Å². The average Bonchev–Trinajstić information content (AvgIpc) is 2.75. The molecule has 0 spiro atoms. The first-order chi connectivity index (χ1) is 16.6. The predicted molar refractivity (Wildman–Crippen MR) is 128 cm³/mol. The van der Waals surface area contributed by atoms with Crippen LogP contribution in [0.4, 0.5) is 13.2 Å². The molecule has 4 bridgehead atoms. The number of amides is 1. The molecule has 10 heteroatoms. The smallest absolute Gasteiger partial charge is 0.369 e. The van der Waals surface area contributed by atoms with Crippen LogP contribution in [0.3, 0.4) is 0 Å². The lowest BCUT2D eigenvalue weighted by Crippen LogP contribution is -2.59. The van der Waals surface area contributed by atoms with Gasteiger partial charge >= 0.3 is 6.18 Å². The first kappa shape index (κ1) is 27.1. The van der Waals surface area contributed by atoms with Crippen LogP contribution in [0.2, 0.25) is 0 Å². The van der Waals surface area contributed by atoms with Gasteiger partial charge in [-0.05, 0) is 88.2 Å². The van der Waals surface area contributed by atoms with Crippen molar-refractivity contribution < 1.29 is 31.2 Å². The number of primary amides is 1. The molecule has 0 saturated heterocycles. The minimum absolute atomic E-state index is 0.0820. The van der Waals surface area contributed by atoms with Gasteiger partial charge in [0.15, 0.2) is 5.78 Å². The molecule has 1 aromatic carbocycles. The van der Waals surface area contributed by atoms with E-state index in [4.69, 9.17) is 5.73 Å². The third kappa shape index (κ3) is 4.48. The number of Topliss-reactive ketones (excluding diaryl/α,β-unsaturated/α-hetero) is 1. The molecule has 0 aliphatic heterocycles. The number of nitrogens with zero attached hydrogens (tertiary/aromatic N) is 1. The summed E-state index contributed by atoms with van der Waals surface area (Å²) in [7, 11) is -4.65. The number of halogens is 3. The Hall–Kier alpha value is -1.94. The molecule has 36 heavy (non-hydrogen) atoms. The molecule has 2 N–H and O–H groups in total. The third-order valence-electron chi connectivity index (χ3n) is 8.73. The maximum atomic E-state index is 13.9. The molecule has 2 unspecified atom stereocenters. The van der Waals surface area contributed by atoms with Crippen molar-refractivity contribution in [2.75, 3.05) is 6.54 Å². The van der Waals surface area contributed by atoms with E-state index in [1.807, 2.05) is 0 Å². The van der Waals surface area contributed by atoms with Crippen molar-refractivity contribution in [3.05, 3.63) is 29.8 Å². The normalized spacial score (nSPS) is 30.1. The van der Waals surface area contributed by atoms with Crippen molar-refractivity contribution in [3.8, 4) is 0 Å². The lowest BCUT2D eigenvalue weighted by Gasteiger charge is -2.61. The van der Waals surface area contributed by atoms with Crippen molar-refractivity contribution in [1.29, 1.82) is 0 Å². The van der Waals surface area contributed by atoms with Crippen LogP contribution in [0.5, 0.6) is 0 Å². The molecule has 1 amide bonds. The van der Waals surface area contributed by atoms with Gasteiger partial charge in [0.1, 0.15) is 0 Å². The Morgan fingerprint density at radius 3 is 2.19 bits per heavy atom. The van der Waals surface area contributed by atoms with Crippen molar-refractivity contribution in [2.45, 2.75) is 88.7 Å². The Labute approximate surface area is 210 Å². The molecular weight excluding hydrogens is 493 g/mol. The van der Waals surface area contributed by atoms with Gasteiger partial charge in [-0.2, -0.15) is 17.5 Å². The Balaban J connectivity index is 1.67. The van der Waals surface area contributed by atoms with Crippen LogP contribution >= 0.6 is 0 Å². The summed E-state index contributed by atoms with van der Waals surface area (Å²) in [6.45, 7) is 4.57. The minimum atomic E-state index is -4.86. The van der Waals surface area contributed by atoms with Gasteiger partial charge < -0.3 is 5.73 Å². The molecule has 6 nitrogen and oxygen atoms in total. The summed E-state index contributed by atoms with van der Waals surface area (Å²) in [5.41, 5.74) is 1.95. The number of sulfonamides is 1. The fraction of sp³-hybridized carbons (Fsp3) is 0.692. The molecule has 2 atom stereocenters.